The SMILES string of the molecule is Cn1c(=O)c2cccnc2n1-c1ccc(O)cc1. The van der Waals surface area contributed by atoms with Gasteiger partial charge in [0.25, 0.3) is 5.56 Å². The highest BCUT2D eigenvalue weighted by atomic mass is 16.3. The van der Waals surface area contributed by atoms with Gasteiger partial charge in [-0.1, -0.05) is 0 Å². The molecule has 5 heteroatoms. The number of aromatic nitrogens is 3. The molecular formula is C13H11N3O2. The fraction of sp³-hybridized carbons (Fsp3) is 0.0769. The van der Waals surface area contributed by atoms with Crippen LogP contribution in [-0.4, -0.2) is 19.5 Å². The van der Waals surface area contributed by atoms with E-state index in [0.717, 1.165) is 5.69 Å². The van der Waals surface area contributed by atoms with E-state index in [1.165, 1.54) is 4.68 Å². The van der Waals surface area contributed by atoms with Gasteiger partial charge in [0.2, 0.25) is 0 Å². The molecule has 18 heavy (non-hydrogen) atoms. The van der Waals surface area contributed by atoms with Gasteiger partial charge in [-0.05, 0) is 36.4 Å². The van der Waals surface area contributed by atoms with E-state index < -0.39 is 0 Å². The average Bonchev–Trinajstić information content (AvgIpc) is 2.64. The molecule has 0 fully saturated rings. The summed E-state index contributed by atoms with van der Waals surface area (Å²) >= 11 is 0. The number of hydrogen-bond acceptors (Lipinski definition) is 3. The Hall–Kier alpha value is -2.56. The molecule has 3 rings (SSSR count). The maximum Gasteiger partial charge on any atom is 0.276 e. The van der Waals surface area contributed by atoms with Crippen LogP contribution in [-0.2, 0) is 7.05 Å². The molecule has 0 radical (unpaired) electrons. The van der Waals surface area contributed by atoms with Gasteiger partial charge in [-0.15, -0.1) is 0 Å². The van der Waals surface area contributed by atoms with E-state index in [1.54, 1.807) is 54.3 Å². The van der Waals surface area contributed by atoms with Crippen LogP contribution < -0.4 is 5.56 Å². The molecule has 0 saturated carbocycles. The lowest BCUT2D eigenvalue weighted by atomic mass is 10.3. The first kappa shape index (κ1) is 10.6. The molecule has 0 aliphatic carbocycles. The Balaban J connectivity index is 2.39. The molecule has 0 atom stereocenters. The first-order chi connectivity index (χ1) is 8.68. The Morgan fingerprint density at radius 1 is 1.17 bits per heavy atom. The van der Waals surface area contributed by atoms with Gasteiger partial charge in [0, 0.05) is 13.2 Å². The Morgan fingerprint density at radius 2 is 1.89 bits per heavy atom. The summed E-state index contributed by atoms with van der Waals surface area (Å²) in [5.74, 6) is 0.188. The second kappa shape index (κ2) is 3.73. The minimum Gasteiger partial charge on any atom is -0.508 e. The fourth-order valence-electron chi connectivity index (χ4n) is 2.03. The predicted molar refractivity (Wildman–Crippen MR) is 68.0 cm³/mol. The average molecular weight is 241 g/mol. The maximum absolute atomic E-state index is 12.0. The number of phenolic OH excluding ortho intramolecular Hbond substituents is 1. The number of benzene rings is 1. The zero-order chi connectivity index (χ0) is 12.7. The standard InChI is InChI=1S/C13H11N3O2/c1-15-13(18)11-3-2-8-14-12(11)16(15)9-4-6-10(17)7-5-9/h2-8,17H,1H3. The molecular weight excluding hydrogens is 230 g/mol. The zero-order valence-corrected chi connectivity index (χ0v) is 9.74. The Morgan fingerprint density at radius 3 is 2.61 bits per heavy atom. The Bertz CT molecular complexity index is 769. The summed E-state index contributed by atoms with van der Waals surface area (Å²) < 4.78 is 3.22. The maximum atomic E-state index is 12.0. The highest BCUT2D eigenvalue weighted by molar-refractivity contribution is 5.76. The van der Waals surface area contributed by atoms with Crippen molar-refractivity contribution < 1.29 is 5.11 Å². The Kier molecular flexibility index (Phi) is 2.19. The minimum atomic E-state index is -0.0915. The van der Waals surface area contributed by atoms with Crippen molar-refractivity contribution >= 4 is 11.0 Å². The third-order valence-electron chi connectivity index (χ3n) is 2.91. The molecule has 0 aliphatic rings. The summed E-state index contributed by atoms with van der Waals surface area (Å²) in [6.07, 6.45) is 1.65. The summed E-state index contributed by atoms with van der Waals surface area (Å²) in [5.41, 5.74) is 1.29. The van der Waals surface area contributed by atoms with Gasteiger partial charge in [-0.3, -0.25) is 4.79 Å². The molecule has 0 saturated heterocycles. The normalized spacial score (nSPS) is 10.9. The van der Waals surface area contributed by atoms with Crippen LogP contribution in [0.3, 0.4) is 0 Å². The molecule has 0 bridgehead atoms. The third-order valence-corrected chi connectivity index (χ3v) is 2.91. The summed E-state index contributed by atoms with van der Waals surface area (Å²) in [6.45, 7) is 0. The van der Waals surface area contributed by atoms with E-state index in [2.05, 4.69) is 4.98 Å². The molecule has 0 aliphatic heterocycles. The molecule has 1 N–H and O–H groups in total. The van der Waals surface area contributed by atoms with Crippen LogP contribution in [0.25, 0.3) is 16.7 Å². The number of rotatable bonds is 1. The van der Waals surface area contributed by atoms with Crippen molar-refractivity contribution in [2.75, 3.05) is 0 Å². The van der Waals surface area contributed by atoms with Crippen LogP contribution in [0.15, 0.2) is 47.4 Å². The van der Waals surface area contributed by atoms with Crippen LogP contribution >= 0.6 is 0 Å². The van der Waals surface area contributed by atoms with E-state index in [0.29, 0.717) is 11.0 Å². The third kappa shape index (κ3) is 1.41. The highest BCUT2D eigenvalue weighted by Crippen LogP contribution is 2.17. The van der Waals surface area contributed by atoms with E-state index in [9.17, 15) is 9.90 Å². The van der Waals surface area contributed by atoms with Crippen molar-refractivity contribution in [1.82, 2.24) is 14.3 Å². The van der Waals surface area contributed by atoms with E-state index in [-0.39, 0.29) is 11.3 Å². The lowest BCUT2D eigenvalue weighted by molar-refractivity contribution is 0.475. The second-order valence-corrected chi connectivity index (χ2v) is 4.03. The lowest BCUT2D eigenvalue weighted by Gasteiger charge is -2.07. The van der Waals surface area contributed by atoms with Crippen molar-refractivity contribution in [3.63, 3.8) is 0 Å². The molecule has 0 amide bonds. The van der Waals surface area contributed by atoms with Crippen LogP contribution in [0.2, 0.25) is 0 Å². The van der Waals surface area contributed by atoms with Gasteiger partial charge in [0.1, 0.15) is 5.75 Å². The molecule has 1 aromatic carbocycles. The number of fused-ring (bicyclic) bond motifs is 1. The van der Waals surface area contributed by atoms with Crippen LogP contribution in [0, 0.1) is 0 Å². The number of hydrogen-bond donors (Lipinski definition) is 1. The summed E-state index contributed by atoms with van der Waals surface area (Å²) in [7, 11) is 1.69. The van der Waals surface area contributed by atoms with Crippen molar-refractivity contribution in [1.29, 1.82) is 0 Å². The highest BCUT2D eigenvalue weighted by Gasteiger charge is 2.12. The number of aromatic hydroxyl groups is 1. The molecule has 3 aromatic rings. The Labute approximate surface area is 103 Å². The fourth-order valence-corrected chi connectivity index (χ4v) is 2.03. The van der Waals surface area contributed by atoms with Crippen molar-refractivity contribution in [2.24, 2.45) is 7.05 Å². The van der Waals surface area contributed by atoms with Crippen molar-refractivity contribution in [2.45, 2.75) is 0 Å². The van der Waals surface area contributed by atoms with Gasteiger partial charge in [0.15, 0.2) is 5.65 Å². The van der Waals surface area contributed by atoms with E-state index >= 15 is 0 Å². The van der Waals surface area contributed by atoms with Gasteiger partial charge in [-0.25, -0.2) is 14.3 Å². The summed E-state index contributed by atoms with van der Waals surface area (Å²) in [6, 6.07) is 10.1. The molecule has 0 unspecified atom stereocenters. The topological polar surface area (TPSA) is 60.0 Å². The second-order valence-electron chi connectivity index (χ2n) is 4.03. The quantitative estimate of drug-likeness (QED) is 0.701. The molecule has 2 heterocycles. The molecule has 90 valence electrons. The molecule has 0 spiro atoms. The summed E-state index contributed by atoms with van der Waals surface area (Å²) in [5, 5.41) is 9.87. The van der Waals surface area contributed by atoms with Crippen LogP contribution in [0.4, 0.5) is 0 Å². The smallest absolute Gasteiger partial charge is 0.276 e. The predicted octanol–water partition coefficient (Wildman–Crippen LogP) is 1.43. The van der Waals surface area contributed by atoms with Gasteiger partial charge in [-0.2, -0.15) is 0 Å². The van der Waals surface area contributed by atoms with Gasteiger partial charge < -0.3 is 5.11 Å². The largest absolute Gasteiger partial charge is 0.508 e. The number of nitrogens with zero attached hydrogens (tertiary/aromatic N) is 3. The number of phenols is 1. The minimum absolute atomic E-state index is 0.0915. The van der Waals surface area contributed by atoms with Crippen molar-refractivity contribution in [3.8, 4) is 11.4 Å². The van der Waals surface area contributed by atoms with E-state index in [4.69, 9.17) is 0 Å². The lowest BCUT2D eigenvalue weighted by Crippen LogP contribution is -2.17. The monoisotopic (exact) mass is 241 g/mol. The van der Waals surface area contributed by atoms with Gasteiger partial charge >= 0.3 is 0 Å². The molecule has 2 aromatic heterocycles. The molecule has 5 nitrogen and oxygen atoms in total. The summed E-state index contributed by atoms with van der Waals surface area (Å²) in [4.78, 5) is 16.3. The van der Waals surface area contributed by atoms with E-state index in [1.807, 2.05) is 0 Å². The number of pyridine rings is 1. The first-order valence-electron chi connectivity index (χ1n) is 5.50. The zero-order valence-electron chi connectivity index (χ0n) is 9.74. The first-order valence-corrected chi connectivity index (χ1v) is 5.50. The van der Waals surface area contributed by atoms with Crippen LogP contribution in [0.5, 0.6) is 5.75 Å². The van der Waals surface area contributed by atoms with Gasteiger partial charge in [0.05, 0.1) is 11.1 Å². The van der Waals surface area contributed by atoms with Crippen molar-refractivity contribution in [3.05, 3.63) is 52.9 Å². The van der Waals surface area contributed by atoms with Crippen LogP contribution in [0.1, 0.15) is 0 Å².